The lowest BCUT2D eigenvalue weighted by Crippen LogP contribution is -2.20. The van der Waals surface area contributed by atoms with E-state index in [4.69, 9.17) is 14.2 Å². The number of rotatable bonds is 5. The van der Waals surface area contributed by atoms with E-state index in [1.807, 2.05) is 13.8 Å². The molecule has 9 heteroatoms. The first-order chi connectivity index (χ1) is 13.4. The number of nitrogens with one attached hydrogen (secondary N) is 1. The number of thioether (sulfide) groups is 1. The van der Waals surface area contributed by atoms with Crippen LogP contribution in [0.5, 0.6) is 17.2 Å². The highest BCUT2D eigenvalue weighted by Crippen LogP contribution is 2.35. The number of hydrogen-bond donors (Lipinski definition) is 1. The second-order valence-corrected chi connectivity index (χ2v) is 8.90. The summed E-state index contributed by atoms with van der Waals surface area (Å²) in [4.78, 5) is 33.8. The summed E-state index contributed by atoms with van der Waals surface area (Å²) >= 11 is 2.86. The Labute approximate surface area is 169 Å². The van der Waals surface area contributed by atoms with Gasteiger partial charge in [0.1, 0.15) is 21.7 Å². The average molecular weight is 418 g/mol. The molecule has 3 aromatic rings. The molecule has 0 fully saturated rings. The maximum absolute atomic E-state index is 12.4. The first-order valence-electron chi connectivity index (χ1n) is 8.64. The summed E-state index contributed by atoms with van der Waals surface area (Å²) in [6.07, 6.45) is 0. The van der Waals surface area contributed by atoms with Gasteiger partial charge in [-0.1, -0.05) is 0 Å². The maximum atomic E-state index is 12.4. The molecular weight excluding hydrogens is 400 g/mol. The number of hydrogen-bond acceptors (Lipinski definition) is 8. The number of carbonyl (C=O) groups is 1. The van der Waals surface area contributed by atoms with Gasteiger partial charge in [-0.2, -0.15) is 0 Å². The fraction of sp³-hybridized carbons (Fsp3) is 0.316. The summed E-state index contributed by atoms with van der Waals surface area (Å²) in [5.41, 5.74) is 0.826. The first kappa shape index (κ1) is 18.8. The van der Waals surface area contributed by atoms with Crippen molar-refractivity contribution in [3.8, 4) is 17.2 Å². The van der Waals surface area contributed by atoms with Crippen LogP contribution in [0.2, 0.25) is 0 Å². The number of aryl methyl sites for hydroxylation is 2. The van der Waals surface area contributed by atoms with Crippen LogP contribution in [0, 0.1) is 13.8 Å². The topological polar surface area (TPSA) is 90.5 Å². The van der Waals surface area contributed by atoms with Crippen LogP contribution in [0.4, 0.5) is 0 Å². The summed E-state index contributed by atoms with van der Waals surface area (Å²) in [5.74, 6) is 2.16. The minimum atomic E-state index is -0.432. The molecule has 146 valence electrons. The number of aromatic nitrogens is 2. The maximum Gasteiger partial charge on any atom is 0.324 e. The summed E-state index contributed by atoms with van der Waals surface area (Å²) in [5, 5.41) is 0.213. The molecule has 28 heavy (non-hydrogen) atoms. The van der Waals surface area contributed by atoms with Crippen molar-refractivity contribution in [3.63, 3.8) is 0 Å². The largest absolute Gasteiger partial charge is 0.454 e. The van der Waals surface area contributed by atoms with Crippen LogP contribution in [-0.4, -0.2) is 28.0 Å². The van der Waals surface area contributed by atoms with Gasteiger partial charge in [-0.3, -0.25) is 9.59 Å². The molecule has 1 N–H and O–H groups in total. The van der Waals surface area contributed by atoms with Gasteiger partial charge in [0.05, 0.1) is 11.1 Å². The summed E-state index contributed by atoms with van der Waals surface area (Å²) in [6, 6.07) is 5.00. The van der Waals surface area contributed by atoms with Gasteiger partial charge < -0.3 is 19.2 Å². The minimum Gasteiger partial charge on any atom is -0.454 e. The van der Waals surface area contributed by atoms with Crippen LogP contribution in [0.25, 0.3) is 10.2 Å². The zero-order chi connectivity index (χ0) is 19.8. The van der Waals surface area contributed by atoms with Crippen molar-refractivity contribution in [3.05, 3.63) is 44.8 Å². The lowest BCUT2D eigenvalue weighted by atomic mass is 10.2. The quantitative estimate of drug-likeness (QED) is 0.500. The summed E-state index contributed by atoms with van der Waals surface area (Å²) in [7, 11) is 0. The molecule has 1 aliphatic heterocycles. The SMILES string of the molecule is Cc1sc2nc(CS[C@H](C)C(=O)Oc3ccc4c(c3)OCO4)[nH]c(=O)c2c1C. The van der Waals surface area contributed by atoms with Crippen molar-refractivity contribution in [2.75, 3.05) is 6.79 Å². The van der Waals surface area contributed by atoms with E-state index in [1.165, 1.54) is 23.1 Å². The Morgan fingerprint density at radius 1 is 1.36 bits per heavy atom. The molecule has 7 nitrogen and oxygen atoms in total. The number of esters is 1. The van der Waals surface area contributed by atoms with Crippen LogP contribution in [-0.2, 0) is 10.5 Å². The molecule has 1 aliphatic rings. The highest BCUT2D eigenvalue weighted by molar-refractivity contribution is 7.99. The lowest BCUT2D eigenvalue weighted by molar-refractivity contribution is -0.133. The molecule has 1 atom stereocenters. The molecule has 3 heterocycles. The molecule has 4 rings (SSSR count). The van der Waals surface area contributed by atoms with Crippen LogP contribution in [0.15, 0.2) is 23.0 Å². The minimum absolute atomic E-state index is 0.141. The molecule has 1 aromatic carbocycles. The Kier molecular flexibility index (Phi) is 5.03. The van der Waals surface area contributed by atoms with Crippen LogP contribution >= 0.6 is 23.1 Å². The van der Waals surface area contributed by atoms with Crippen molar-refractivity contribution in [1.29, 1.82) is 0 Å². The van der Waals surface area contributed by atoms with E-state index < -0.39 is 5.25 Å². The number of aromatic amines is 1. The van der Waals surface area contributed by atoms with Gasteiger partial charge in [0.15, 0.2) is 11.5 Å². The Morgan fingerprint density at radius 3 is 2.96 bits per heavy atom. The number of benzene rings is 1. The first-order valence-corrected chi connectivity index (χ1v) is 10.5. The number of carbonyl (C=O) groups excluding carboxylic acids is 1. The number of fused-ring (bicyclic) bond motifs is 2. The molecule has 0 saturated carbocycles. The number of thiophene rings is 1. The summed E-state index contributed by atoms with van der Waals surface area (Å²) in [6.45, 7) is 5.82. The van der Waals surface area contributed by atoms with Gasteiger partial charge in [0.25, 0.3) is 5.56 Å². The second kappa shape index (κ2) is 7.48. The van der Waals surface area contributed by atoms with Crippen LogP contribution < -0.4 is 19.8 Å². The van der Waals surface area contributed by atoms with E-state index in [2.05, 4.69) is 9.97 Å². The number of ether oxygens (including phenoxy) is 3. The fourth-order valence-electron chi connectivity index (χ4n) is 2.78. The molecule has 0 bridgehead atoms. The molecule has 0 aliphatic carbocycles. The van der Waals surface area contributed by atoms with Crippen LogP contribution in [0.1, 0.15) is 23.2 Å². The third kappa shape index (κ3) is 3.59. The van der Waals surface area contributed by atoms with E-state index in [-0.39, 0.29) is 18.3 Å². The van der Waals surface area contributed by atoms with Crippen molar-refractivity contribution in [2.45, 2.75) is 31.8 Å². The van der Waals surface area contributed by atoms with E-state index in [9.17, 15) is 9.59 Å². The van der Waals surface area contributed by atoms with Crippen molar-refractivity contribution in [1.82, 2.24) is 9.97 Å². The highest BCUT2D eigenvalue weighted by Gasteiger charge is 2.20. The van der Waals surface area contributed by atoms with Gasteiger partial charge in [0.2, 0.25) is 6.79 Å². The second-order valence-electron chi connectivity index (χ2n) is 6.37. The van der Waals surface area contributed by atoms with Gasteiger partial charge in [-0.15, -0.1) is 23.1 Å². The monoisotopic (exact) mass is 418 g/mol. The molecular formula is C19H18N2O5S2. The van der Waals surface area contributed by atoms with E-state index in [0.717, 1.165) is 15.3 Å². The van der Waals surface area contributed by atoms with E-state index in [0.29, 0.717) is 34.2 Å². The van der Waals surface area contributed by atoms with Crippen LogP contribution in [0.3, 0.4) is 0 Å². The molecule has 0 radical (unpaired) electrons. The third-order valence-electron chi connectivity index (χ3n) is 4.45. The van der Waals surface area contributed by atoms with E-state index in [1.54, 1.807) is 25.1 Å². The van der Waals surface area contributed by atoms with Crippen molar-refractivity contribution >= 4 is 39.3 Å². The molecule has 2 aromatic heterocycles. The van der Waals surface area contributed by atoms with Gasteiger partial charge in [-0.25, -0.2) is 4.98 Å². The molecule has 0 saturated heterocycles. The highest BCUT2D eigenvalue weighted by atomic mass is 32.2. The van der Waals surface area contributed by atoms with Gasteiger partial charge in [-0.05, 0) is 38.5 Å². The predicted octanol–water partition coefficient (Wildman–Crippen LogP) is 3.56. The standard InChI is InChI=1S/C19H18N2O5S2/c1-9-10(2)28-18-16(9)17(22)20-15(21-18)7-27-11(3)19(23)26-12-4-5-13-14(6-12)25-8-24-13/h4-6,11H,7-8H2,1-3H3,(H,20,21,22)/t11-/m1/s1. The Balaban J connectivity index is 1.41. The lowest BCUT2D eigenvalue weighted by Gasteiger charge is -2.11. The summed E-state index contributed by atoms with van der Waals surface area (Å²) < 4.78 is 15.9. The Bertz CT molecular complexity index is 1120. The molecule has 0 amide bonds. The fourth-order valence-corrected chi connectivity index (χ4v) is 4.56. The Hall–Kier alpha value is -2.52. The number of H-pyrrole nitrogens is 1. The van der Waals surface area contributed by atoms with Gasteiger partial charge in [0, 0.05) is 10.9 Å². The molecule has 0 spiro atoms. The zero-order valence-corrected chi connectivity index (χ0v) is 17.2. The third-order valence-corrected chi connectivity index (χ3v) is 6.69. The zero-order valence-electron chi connectivity index (χ0n) is 15.5. The normalized spacial score (nSPS) is 13.7. The van der Waals surface area contributed by atoms with Crippen molar-refractivity contribution < 1.29 is 19.0 Å². The van der Waals surface area contributed by atoms with E-state index >= 15 is 0 Å². The van der Waals surface area contributed by atoms with Gasteiger partial charge >= 0.3 is 5.97 Å². The van der Waals surface area contributed by atoms with Crippen molar-refractivity contribution in [2.24, 2.45) is 0 Å². The molecule has 0 unspecified atom stereocenters. The number of nitrogens with zero attached hydrogens (tertiary/aromatic N) is 1. The smallest absolute Gasteiger partial charge is 0.324 e. The average Bonchev–Trinajstić information content (AvgIpc) is 3.23. The predicted molar refractivity (Wildman–Crippen MR) is 109 cm³/mol. The Morgan fingerprint density at radius 2 is 2.14 bits per heavy atom.